The topological polar surface area (TPSA) is 88.4 Å². The highest BCUT2D eigenvalue weighted by molar-refractivity contribution is 7.89. The quantitative estimate of drug-likeness (QED) is 0.774. The van der Waals surface area contributed by atoms with Gasteiger partial charge in [-0.15, -0.1) is 6.42 Å². The first-order valence-electron chi connectivity index (χ1n) is 6.08. The Balaban J connectivity index is 3.24. The van der Waals surface area contributed by atoms with E-state index in [2.05, 4.69) is 10.6 Å². The Labute approximate surface area is 118 Å². The predicted octanol–water partition coefficient (Wildman–Crippen LogP) is 1.29. The van der Waals surface area contributed by atoms with Gasteiger partial charge in [-0.05, 0) is 26.3 Å². The van der Waals surface area contributed by atoms with Gasteiger partial charge in [0.05, 0.1) is 5.54 Å². The molecule has 2 N–H and O–H groups in total. The lowest BCUT2D eigenvalue weighted by Crippen LogP contribution is -2.41. The maximum Gasteiger partial charge on any atom is 0.352 e. The van der Waals surface area contributed by atoms with Gasteiger partial charge >= 0.3 is 5.97 Å². The minimum Gasteiger partial charge on any atom is -0.477 e. The van der Waals surface area contributed by atoms with E-state index in [0.29, 0.717) is 13.0 Å². The van der Waals surface area contributed by atoms with E-state index in [-0.39, 0.29) is 10.6 Å². The zero-order valence-corrected chi connectivity index (χ0v) is 12.5. The molecule has 0 aromatic carbocycles. The van der Waals surface area contributed by atoms with Gasteiger partial charge in [0.1, 0.15) is 10.6 Å². The molecule has 0 amide bonds. The summed E-state index contributed by atoms with van der Waals surface area (Å²) in [6.07, 6.45) is 7.25. The van der Waals surface area contributed by atoms with Gasteiger partial charge in [-0.2, -0.15) is 4.72 Å². The van der Waals surface area contributed by atoms with Gasteiger partial charge in [0.2, 0.25) is 10.0 Å². The van der Waals surface area contributed by atoms with Crippen LogP contribution in [0, 0.1) is 12.3 Å². The van der Waals surface area contributed by atoms with Crippen molar-refractivity contribution in [2.24, 2.45) is 0 Å². The molecule has 110 valence electrons. The molecule has 0 radical (unpaired) electrons. The number of hydrogen-bond acceptors (Lipinski definition) is 3. The summed E-state index contributed by atoms with van der Waals surface area (Å²) in [5, 5.41) is 9.08. The van der Waals surface area contributed by atoms with Gasteiger partial charge in [0.15, 0.2) is 0 Å². The summed E-state index contributed by atoms with van der Waals surface area (Å²) in [7, 11) is -3.86. The molecule has 0 saturated carbocycles. The molecule has 0 aliphatic carbocycles. The normalized spacial score (nSPS) is 12.1. The van der Waals surface area contributed by atoms with Crippen LogP contribution in [0.2, 0.25) is 0 Å². The number of hydrogen-bond donors (Lipinski definition) is 2. The number of terminal acetylenes is 1. The lowest BCUT2D eigenvalue weighted by Gasteiger charge is -2.18. The Hall–Kier alpha value is -1.78. The Bertz CT molecular complexity index is 650. The molecule has 1 aromatic heterocycles. The van der Waals surface area contributed by atoms with Crippen molar-refractivity contribution >= 4 is 16.0 Å². The highest BCUT2D eigenvalue weighted by Crippen LogP contribution is 2.17. The summed E-state index contributed by atoms with van der Waals surface area (Å²) in [4.78, 5) is 11.0. The molecule has 0 atom stereocenters. The molecular weight excluding hydrogens is 280 g/mol. The minimum atomic E-state index is -3.86. The number of carboxylic acids is 1. The van der Waals surface area contributed by atoms with Crippen LogP contribution < -0.4 is 4.72 Å². The van der Waals surface area contributed by atoms with Crippen LogP contribution in [0.4, 0.5) is 0 Å². The van der Waals surface area contributed by atoms with E-state index < -0.39 is 21.5 Å². The Morgan fingerprint density at radius 3 is 2.60 bits per heavy atom. The van der Waals surface area contributed by atoms with Gasteiger partial charge in [-0.25, -0.2) is 13.2 Å². The molecule has 1 aromatic rings. The van der Waals surface area contributed by atoms with E-state index in [1.165, 1.54) is 10.8 Å². The van der Waals surface area contributed by atoms with Crippen molar-refractivity contribution in [2.75, 3.05) is 0 Å². The summed E-state index contributed by atoms with van der Waals surface area (Å²) < 4.78 is 28.1. The SMILES string of the molecule is C#CC(C)(C)NS(=O)(=O)c1cc(C(=O)O)n(CCC)c1. The minimum absolute atomic E-state index is 0.0641. The van der Waals surface area contributed by atoms with Crippen LogP contribution in [0.3, 0.4) is 0 Å². The molecule has 0 saturated heterocycles. The van der Waals surface area contributed by atoms with Crippen LogP contribution in [0.15, 0.2) is 17.2 Å². The first-order valence-corrected chi connectivity index (χ1v) is 7.56. The van der Waals surface area contributed by atoms with Crippen molar-refractivity contribution < 1.29 is 18.3 Å². The molecule has 1 rings (SSSR count). The second kappa shape index (κ2) is 5.69. The summed E-state index contributed by atoms with van der Waals surface area (Å²) in [5.41, 5.74) is -1.11. The van der Waals surface area contributed by atoms with Crippen molar-refractivity contribution in [3.8, 4) is 12.3 Å². The van der Waals surface area contributed by atoms with E-state index in [9.17, 15) is 13.2 Å². The number of carboxylic acid groups (broad SMARTS) is 1. The number of aryl methyl sites for hydroxylation is 1. The van der Waals surface area contributed by atoms with Crippen molar-refractivity contribution in [2.45, 2.75) is 44.2 Å². The summed E-state index contributed by atoms with van der Waals surface area (Å²) in [6, 6.07) is 1.13. The number of nitrogens with zero attached hydrogens (tertiary/aromatic N) is 1. The van der Waals surface area contributed by atoms with Crippen LogP contribution in [0.25, 0.3) is 0 Å². The molecule has 0 fully saturated rings. The molecule has 0 aliphatic rings. The molecule has 1 heterocycles. The number of nitrogens with one attached hydrogen (secondary N) is 1. The lowest BCUT2D eigenvalue weighted by atomic mass is 10.1. The smallest absolute Gasteiger partial charge is 0.352 e. The van der Waals surface area contributed by atoms with Crippen LogP contribution in [0.5, 0.6) is 0 Å². The predicted molar refractivity (Wildman–Crippen MR) is 74.9 cm³/mol. The number of sulfonamides is 1. The Kier molecular flexibility index (Phi) is 4.63. The fourth-order valence-corrected chi connectivity index (χ4v) is 3.04. The third-order valence-corrected chi connectivity index (χ3v) is 4.24. The van der Waals surface area contributed by atoms with Crippen molar-refractivity contribution in [3.05, 3.63) is 18.0 Å². The van der Waals surface area contributed by atoms with Gasteiger partial charge in [-0.1, -0.05) is 12.8 Å². The standard InChI is InChI=1S/C13H18N2O4S/c1-5-7-15-9-10(8-11(15)12(16)17)20(18,19)14-13(3,4)6-2/h2,8-9,14H,5,7H2,1,3-4H3,(H,16,17). The number of carbonyl (C=O) groups is 1. The first-order chi connectivity index (χ1) is 9.13. The van der Waals surface area contributed by atoms with Crippen LogP contribution in [-0.4, -0.2) is 29.6 Å². The largest absolute Gasteiger partial charge is 0.477 e. The molecule has 20 heavy (non-hydrogen) atoms. The molecule has 0 unspecified atom stereocenters. The van der Waals surface area contributed by atoms with Crippen molar-refractivity contribution in [1.29, 1.82) is 0 Å². The summed E-state index contributed by atoms with van der Waals surface area (Å²) in [5.74, 6) is 1.15. The molecule has 0 aliphatic heterocycles. The number of aromatic nitrogens is 1. The molecule has 6 nitrogen and oxygen atoms in total. The second-order valence-corrected chi connectivity index (χ2v) is 6.62. The molecule has 0 spiro atoms. The average molecular weight is 298 g/mol. The zero-order chi connectivity index (χ0) is 15.6. The summed E-state index contributed by atoms with van der Waals surface area (Å²) >= 11 is 0. The highest BCUT2D eigenvalue weighted by Gasteiger charge is 2.27. The van der Waals surface area contributed by atoms with E-state index in [0.717, 1.165) is 6.07 Å². The van der Waals surface area contributed by atoms with Crippen LogP contribution in [-0.2, 0) is 16.6 Å². The van der Waals surface area contributed by atoms with Gasteiger partial charge in [-0.3, -0.25) is 0 Å². The highest BCUT2D eigenvalue weighted by atomic mass is 32.2. The maximum absolute atomic E-state index is 12.2. The third-order valence-electron chi connectivity index (χ3n) is 2.62. The van der Waals surface area contributed by atoms with Crippen LogP contribution in [0.1, 0.15) is 37.7 Å². The van der Waals surface area contributed by atoms with Crippen molar-refractivity contribution in [3.63, 3.8) is 0 Å². The second-order valence-electron chi connectivity index (χ2n) is 4.93. The number of aromatic carboxylic acids is 1. The average Bonchev–Trinajstić information content (AvgIpc) is 2.73. The van der Waals surface area contributed by atoms with Gasteiger partial charge in [0, 0.05) is 12.7 Å². The van der Waals surface area contributed by atoms with E-state index >= 15 is 0 Å². The third kappa shape index (κ3) is 3.62. The monoisotopic (exact) mass is 298 g/mol. The maximum atomic E-state index is 12.2. The fraction of sp³-hybridized carbons (Fsp3) is 0.462. The fourth-order valence-electron chi connectivity index (χ4n) is 1.66. The lowest BCUT2D eigenvalue weighted by molar-refractivity contribution is 0.0685. The molecular formula is C13H18N2O4S. The first kappa shape index (κ1) is 16.3. The molecule has 0 bridgehead atoms. The van der Waals surface area contributed by atoms with E-state index in [1.807, 2.05) is 6.92 Å². The van der Waals surface area contributed by atoms with Crippen molar-refractivity contribution in [1.82, 2.24) is 9.29 Å². The van der Waals surface area contributed by atoms with E-state index in [1.54, 1.807) is 13.8 Å². The van der Waals surface area contributed by atoms with Gasteiger partial charge in [0.25, 0.3) is 0 Å². The number of rotatable bonds is 6. The zero-order valence-electron chi connectivity index (χ0n) is 11.7. The van der Waals surface area contributed by atoms with Crippen LogP contribution >= 0.6 is 0 Å². The summed E-state index contributed by atoms with van der Waals surface area (Å²) in [6.45, 7) is 5.40. The van der Waals surface area contributed by atoms with E-state index in [4.69, 9.17) is 11.5 Å². The Morgan fingerprint density at radius 1 is 1.55 bits per heavy atom. The molecule has 7 heteroatoms. The van der Waals surface area contributed by atoms with Gasteiger partial charge < -0.3 is 9.67 Å². The Morgan fingerprint density at radius 2 is 2.15 bits per heavy atom.